The fraction of sp³-hybridized carbons (Fsp3) is 0.435. The molecule has 0 amide bonds. The molecule has 0 aliphatic carbocycles. The van der Waals surface area contributed by atoms with E-state index in [2.05, 4.69) is 28.6 Å². The van der Waals surface area contributed by atoms with E-state index >= 15 is 0 Å². The van der Waals surface area contributed by atoms with Gasteiger partial charge in [0.05, 0.1) is 43.4 Å². The fourth-order valence-electron chi connectivity index (χ4n) is 6.37. The van der Waals surface area contributed by atoms with Crippen LogP contribution in [0.5, 0.6) is 17.2 Å². The van der Waals surface area contributed by atoms with Gasteiger partial charge in [-0.3, -0.25) is 9.59 Å². The first-order valence-electron chi connectivity index (χ1n) is 20.3. The van der Waals surface area contributed by atoms with Crippen LogP contribution in [0.3, 0.4) is 0 Å². The van der Waals surface area contributed by atoms with Crippen LogP contribution in [-0.4, -0.2) is 48.8 Å². The maximum Gasteiger partial charge on any atom is 0.343 e. The van der Waals surface area contributed by atoms with E-state index in [1.807, 2.05) is 49.4 Å². The topological polar surface area (TPSA) is 146 Å². The second kappa shape index (κ2) is 23.5. The molecule has 11 heteroatoms. The highest BCUT2D eigenvalue weighted by Gasteiger charge is 2.18. The molecule has 2 heterocycles. The Hall–Kier alpha value is -5.58. The van der Waals surface area contributed by atoms with E-state index < -0.39 is 11.9 Å². The van der Waals surface area contributed by atoms with Crippen molar-refractivity contribution < 1.29 is 33.3 Å². The fourth-order valence-corrected chi connectivity index (χ4v) is 6.37. The van der Waals surface area contributed by atoms with Crippen LogP contribution in [-0.2, 0) is 22.5 Å². The van der Waals surface area contributed by atoms with E-state index in [-0.39, 0.29) is 28.6 Å². The number of carbonyl (C=O) groups excluding carboxylic acids is 2. The van der Waals surface area contributed by atoms with Gasteiger partial charge < -0.3 is 33.7 Å². The highest BCUT2D eigenvalue weighted by atomic mass is 16.5. The zero-order valence-corrected chi connectivity index (χ0v) is 34.1. The maximum atomic E-state index is 12.8. The first-order chi connectivity index (χ1) is 27.8. The summed E-state index contributed by atoms with van der Waals surface area (Å²) in [5.74, 6) is 0.595. The molecule has 57 heavy (non-hydrogen) atoms. The minimum absolute atomic E-state index is 0.00407. The Morgan fingerprint density at radius 1 is 0.596 bits per heavy atom. The zero-order chi connectivity index (χ0) is 41.0. The number of methoxy groups -OCH3 is 1. The van der Waals surface area contributed by atoms with Gasteiger partial charge in [0.1, 0.15) is 23.5 Å². The molecule has 2 N–H and O–H groups in total. The first kappa shape index (κ1) is 44.1. The normalized spacial score (nSPS) is 10.8. The van der Waals surface area contributed by atoms with Crippen molar-refractivity contribution in [3.8, 4) is 17.2 Å². The van der Waals surface area contributed by atoms with Gasteiger partial charge in [0, 0.05) is 29.9 Å². The predicted molar refractivity (Wildman–Crippen MR) is 225 cm³/mol. The second-order valence-corrected chi connectivity index (χ2v) is 13.8. The summed E-state index contributed by atoms with van der Waals surface area (Å²) in [4.78, 5) is 55.3. The van der Waals surface area contributed by atoms with Crippen molar-refractivity contribution in [1.29, 1.82) is 0 Å². The number of benzene rings is 3. The van der Waals surface area contributed by atoms with Crippen molar-refractivity contribution in [3.63, 3.8) is 0 Å². The lowest BCUT2D eigenvalue weighted by Crippen LogP contribution is -2.18. The summed E-state index contributed by atoms with van der Waals surface area (Å²) >= 11 is 0. The van der Waals surface area contributed by atoms with Gasteiger partial charge in [-0.25, -0.2) is 9.59 Å². The van der Waals surface area contributed by atoms with E-state index in [4.69, 9.17) is 18.9 Å². The number of aromatic amines is 2. The Kier molecular flexibility index (Phi) is 18.2. The van der Waals surface area contributed by atoms with Crippen LogP contribution in [0.1, 0.15) is 124 Å². The summed E-state index contributed by atoms with van der Waals surface area (Å²) in [5, 5.41) is 0.853. The van der Waals surface area contributed by atoms with Gasteiger partial charge in [-0.1, -0.05) is 95.5 Å². The quantitative estimate of drug-likeness (QED) is 0.0549. The minimum Gasteiger partial charge on any atom is -0.490 e. The standard InChI is InChI=1S/C24H35NO5.C22H23NO4/c1-4-7-8-9-10-11-12-13-14-30-21-15-18-20(16-22(21)28-5-2)25-17-19(23(18)26)24(27)29-6-3;1-3-4-10-16-11-17-19(23-13-18(21(17)24)22(25)26-2)12-20(16)27-14-15-8-6-5-7-9-15/h15-17H,4-14H2,1-3H3,(H,25,26);5-9,11-13H,3-4,10,14H2,1-2H3,(H,23,24). The number of fused-ring (bicyclic) bond motifs is 2. The van der Waals surface area contributed by atoms with Crippen molar-refractivity contribution >= 4 is 33.7 Å². The molecular weight excluding hydrogens is 725 g/mol. The predicted octanol–water partition coefficient (Wildman–Crippen LogP) is 9.86. The number of aromatic nitrogens is 2. The monoisotopic (exact) mass is 782 g/mol. The summed E-state index contributed by atoms with van der Waals surface area (Å²) < 4.78 is 27.4. The van der Waals surface area contributed by atoms with Gasteiger partial charge in [-0.05, 0) is 56.4 Å². The lowest BCUT2D eigenvalue weighted by molar-refractivity contribution is 0.0523. The number of nitrogens with one attached hydrogen (secondary N) is 2. The summed E-state index contributed by atoms with van der Waals surface area (Å²) in [6.07, 6.45) is 15.4. The molecule has 0 bridgehead atoms. The van der Waals surface area contributed by atoms with E-state index in [1.54, 1.807) is 19.1 Å². The summed E-state index contributed by atoms with van der Waals surface area (Å²) in [5.41, 5.74) is 2.56. The Bertz CT molecular complexity index is 2160. The Balaban J connectivity index is 0.000000254. The Morgan fingerprint density at radius 2 is 1.18 bits per heavy atom. The third kappa shape index (κ3) is 12.7. The van der Waals surface area contributed by atoms with Crippen LogP contribution in [0, 0.1) is 0 Å². The summed E-state index contributed by atoms with van der Waals surface area (Å²) in [7, 11) is 1.26. The number of unbranched alkanes of at least 4 members (excludes halogenated alkanes) is 8. The number of ether oxygens (including phenoxy) is 5. The van der Waals surface area contributed by atoms with Crippen LogP contribution in [0.4, 0.5) is 0 Å². The van der Waals surface area contributed by atoms with Crippen molar-refractivity contribution in [3.05, 3.63) is 110 Å². The second-order valence-electron chi connectivity index (χ2n) is 13.8. The highest BCUT2D eigenvalue weighted by molar-refractivity contribution is 5.95. The van der Waals surface area contributed by atoms with Crippen molar-refractivity contribution in [2.24, 2.45) is 0 Å². The zero-order valence-electron chi connectivity index (χ0n) is 34.1. The average molecular weight is 783 g/mol. The molecule has 0 aliphatic heterocycles. The molecule has 306 valence electrons. The molecule has 0 radical (unpaired) electrons. The van der Waals surface area contributed by atoms with E-state index in [0.717, 1.165) is 49.0 Å². The molecule has 0 spiro atoms. The van der Waals surface area contributed by atoms with Gasteiger partial charge >= 0.3 is 11.9 Å². The number of aryl methyl sites for hydroxylation is 1. The van der Waals surface area contributed by atoms with Crippen molar-refractivity contribution in [2.75, 3.05) is 26.9 Å². The van der Waals surface area contributed by atoms with E-state index in [1.165, 1.54) is 58.0 Å². The Morgan fingerprint density at radius 3 is 1.79 bits per heavy atom. The number of hydrogen-bond donors (Lipinski definition) is 2. The van der Waals surface area contributed by atoms with Crippen LogP contribution in [0.25, 0.3) is 21.8 Å². The van der Waals surface area contributed by atoms with Crippen LogP contribution in [0.15, 0.2) is 76.6 Å². The molecule has 0 unspecified atom stereocenters. The van der Waals surface area contributed by atoms with E-state index in [0.29, 0.717) is 53.1 Å². The van der Waals surface area contributed by atoms with Crippen LogP contribution >= 0.6 is 0 Å². The summed E-state index contributed by atoms with van der Waals surface area (Å²) in [6, 6.07) is 17.0. The third-order valence-corrected chi connectivity index (χ3v) is 9.50. The summed E-state index contributed by atoms with van der Waals surface area (Å²) in [6.45, 7) is 9.68. The molecule has 3 aromatic carbocycles. The van der Waals surface area contributed by atoms with Crippen molar-refractivity contribution in [1.82, 2.24) is 9.97 Å². The lowest BCUT2D eigenvalue weighted by atomic mass is 10.0. The first-order valence-corrected chi connectivity index (χ1v) is 20.3. The van der Waals surface area contributed by atoms with Gasteiger partial charge in [0.15, 0.2) is 11.5 Å². The number of esters is 2. The number of pyridine rings is 2. The molecule has 0 saturated heterocycles. The van der Waals surface area contributed by atoms with Gasteiger partial charge in [0.25, 0.3) is 0 Å². The minimum atomic E-state index is -0.641. The molecule has 0 saturated carbocycles. The van der Waals surface area contributed by atoms with Gasteiger partial charge in [-0.2, -0.15) is 0 Å². The number of H-pyrrole nitrogens is 2. The maximum absolute atomic E-state index is 12.8. The lowest BCUT2D eigenvalue weighted by Gasteiger charge is -2.13. The molecule has 0 aliphatic rings. The van der Waals surface area contributed by atoms with Crippen LogP contribution in [0.2, 0.25) is 0 Å². The van der Waals surface area contributed by atoms with E-state index in [9.17, 15) is 19.2 Å². The number of carbonyl (C=O) groups is 2. The average Bonchev–Trinajstić information content (AvgIpc) is 3.22. The molecule has 0 atom stereocenters. The highest BCUT2D eigenvalue weighted by Crippen LogP contribution is 2.31. The SMILES string of the molecule is CCCCCCCCCCOc1cc2c(=O)c(C(=O)OCC)c[nH]c2cc1OCC.CCCCc1cc2c(=O)c(C(=O)OC)c[nH]c2cc1OCc1ccccc1. The van der Waals surface area contributed by atoms with Crippen molar-refractivity contribution in [2.45, 2.75) is 105 Å². The van der Waals surface area contributed by atoms with Gasteiger partial charge in [-0.15, -0.1) is 0 Å². The molecule has 5 aromatic rings. The van der Waals surface area contributed by atoms with Crippen LogP contribution < -0.4 is 25.1 Å². The molecule has 2 aromatic heterocycles. The third-order valence-electron chi connectivity index (χ3n) is 9.50. The molecule has 0 fully saturated rings. The Labute approximate surface area is 335 Å². The largest absolute Gasteiger partial charge is 0.490 e. The molecule has 11 nitrogen and oxygen atoms in total. The smallest absolute Gasteiger partial charge is 0.343 e. The van der Waals surface area contributed by atoms with Gasteiger partial charge in [0.2, 0.25) is 10.9 Å². The number of rotatable bonds is 21. The molecule has 5 rings (SSSR count). The number of hydrogen-bond acceptors (Lipinski definition) is 9. The molecular formula is C46H58N2O9.